The quantitative estimate of drug-likeness (QED) is 0.862. The predicted molar refractivity (Wildman–Crippen MR) is 89.9 cm³/mol. The van der Waals surface area contributed by atoms with Gasteiger partial charge in [-0.15, -0.1) is 11.3 Å². The van der Waals surface area contributed by atoms with Crippen LogP contribution < -0.4 is 4.74 Å². The summed E-state index contributed by atoms with van der Waals surface area (Å²) in [5.74, 6) is 0.829. The third-order valence-corrected chi connectivity index (χ3v) is 5.04. The summed E-state index contributed by atoms with van der Waals surface area (Å²) in [5, 5.41) is 0.823. The number of aryl methyl sites for hydroxylation is 2. The van der Waals surface area contributed by atoms with Gasteiger partial charge < -0.3 is 9.64 Å². The Morgan fingerprint density at radius 3 is 2.74 bits per heavy atom. The molecule has 6 heteroatoms. The summed E-state index contributed by atoms with van der Waals surface area (Å²) in [7, 11) is 0. The SMILES string of the molecule is Cc1ccc(OCc2nc(C)c(C(=O)N3CCCCC3)s2)cn1. The topological polar surface area (TPSA) is 55.3 Å². The first-order valence-corrected chi connectivity index (χ1v) is 8.76. The molecule has 0 atom stereocenters. The van der Waals surface area contributed by atoms with Crippen LogP contribution in [0, 0.1) is 13.8 Å². The summed E-state index contributed by atoms with van der Waals surface area (Å²) >= 11 is 1.44. The van der Waals surface area contributed by atoms with Gasteiger partial charge in [0.1, 0.15) is 22.2 Å². The van der Waals surface area contributed by atoms with Crippen molar-refractivity contribution in [2.45, 2.75) is 39.7 Å². The molecule has 0 bridgehead atoms. The third-order valence-electron chi connectivity index (χ3n) is 3.92. The van der Waals surface area contributed by atoms with Crippen LogP contribution in [-0.2, 0) is 6.61 Å². The Kier molecular flexibility index (Phi) is 4.91. The fourth-order valence-corrected chi connectivity index (χ4v) is 3.58. The molecule has 1 fully saturated rings. The van der Waals surface area contributed by atoms with E-state index in [0.717, 1.165) is 47.2 Å². The van der Waals surface area contributed by atoms with Gasteiger partial charge in [-0.25, -0.2) is 4.98 Å². The van der Waals surface area contributed by atoms with Crippen molar-refractivity contribution in [2.24, 2.45) is 0 Å². The standard InChI is InChI=1S/C17H21N3O2S/c1-12-6-7-14(10-18-12)22-11-15-19-13(2)16(23-15)17(21)20-8-4-3-5-9-20/h6-7,10H,3-5,8-9,11H2,1-2H3. The van der Waals surface area contributed by atoms with E-state index in [2.05, 4.69) is 9.97 Å². The molecule has 3 rings (SSSR count). The number of likely N-dealkylation sites (tertiary alicyclic amines) is 1. The van der Waals surface area contributed by atoms with Gasteiger partial charge in [-0.3, -0.25) is 9.78 Å². The van der Waals surface area contributed by atoms with Crippen LogP contribution in [0.2, 0.25) is 0 Å². The third kappa shape index (κ3) is 3.88. The number of ether oxygens (including phenoxy) is 1. The highest BCUT2D eigenvalue weighted by atomic mass is 32.1. The van der Waals surface area contributed by atoms with Crippen LogP contribution in [0.5, 0.6) is 5.75 Å². The average molecular weight is 331 g/mol. The van der Waals surface area contributed by atoms with Gasteiger partial charge in [-0.1, -0.05) is 0 Å². The Labute approximate surface area is 140 Å². The molecule has 0 aliphatic carbocycles. The molecule has 1 saturated heterocycles. The van der Waals surface area contributed by atoms with Crippen LogP contribution in [0.4, 0.5) is 0 Å². The zero-order valence-corrected chi connectivity index (χ0v) is 14.4. The fraction of sp³-hybridized carbons (Fsp3) is 0.471. The molecule has 2 aromatic rings. The highest BCUT2D eigenvalue weighted by molar-refractivity contribution is 7.13. The minimum Gasteiger partial charge on any atom is -0.485 e. The molecule has 1 aliphatic heterocycles. The minimum atomic E-state index is 0.114. The van der Waals surface area contributed by atoms with Crippen molar-refractivity contribution in [3.63, 3.8) is 0 Å². The Morgan fingerprint density at radius 2 is 2.04 bits per heavy atom. The summed E-state index contributed by atoms with van der Waals surface area (Å²) in [6, 6.07) is 3.80. The van der Waals surface area contributed by atoms with Gasteiger partial charge in [-0.05, 0) is 45.2 Å². The second-order valence-corrected chi connectivity index (χ2v) is 6.88. The molecule has 2 aromatic heterocycles. The molecular formula is C17H21N3O2S. The van der Waals surface area contributed by atoms with E-state index in [0.29, 0.717) is 12.4 Å². The van der Waals surface area contributed by atoms with Crippen molar-refractivity contribution in [3.8, 4) is 5.75 Å². The zero-order chi connectivity index (χ0) is 16.2. The molecule has 1 amide bonds. The summed E-state index contributed by atoms with van der Waals surface area (Å²) < 4.78 is 5.70. The molecule has 0 saturated carbocycles. The van der Waals surface area contributed by atoms with Gasteiger partial charge in [0.2, 0.25) is 0 Å². The highest BCUT2D eigenvalue weighted by Gasteiger charge is 2.22. The fourth-order valence-electron chi connectivity index (χ4n) is 2.64. The number of carbonyl (C=O) groups excluding carboxylic acids is 1. The maximum atomic E-state index is 12.6. The lowest BCUT2D eigenvalue weighted by molar-refractivity contribution is 0.0728. The van der Waals surface area contributed by atoms with Gasteiger partial charge in [0.05, 0.1) is 11.9 Å². The summed E-state index contributed by atoms with van der Waals surface area (Å²) in [6.07, 6.45) is 5.12. The molecular weight excluding hydrogens is 310 g/mol. The first kappa shape index (κ1) is 15.9. The first-order chi connectivity index (χ1) is 11.1. The normalized spacial score (nSPS) is 14.8. The van der Waals surface area contributed by atoms with Crippen LogP contribution in [0.25, 0.3) is 0 Å². The molecule has 0 spiro atoms. The maximum absolute atomic E-state index is 12.6. The molecule has 0 radical (unpaired) electrons. The number of nitrogens with zero attached hydrogens (tertiary/aromatic N) is 3. The lowest BCUT2D eigenvalue weighted by Crippen LogP contribution is -2.35. The van der Waals surface area contributed by atoms with Crippen LogP contribution in [-0.4, -0.2) is 33.9 Å². The van der Waals surface area contributed by atoms with Gasteiger partial charge >= 0.3 is 0 Å². The van der Waals surface area contributed by atoms with Crippen LogP contribution in [0.1, 0.15) is 45.3 Å². The number of hydrogen-bond donors (Lipinski definition) is 0. The molecule has 0 aromatic carbocycles. The Balaban J connectivity index is 1.65. The van der Waals surface area contributed by atoms with Crippen molar-refractivity contribution in [2.75, 3.05) is 13.1 Å². The number of hydrogen-bond acceptors (Lipinski definition) is 5. The summed E-state index contributed by atoms with van der Waals surface area (Å²) in [6.45, 7) is 5.91. The Bertz CT molecular complexity index is 676. The number of carbonyl (C=O) groups is 1. The van der Waals surface area contributed by atoms with Crippen LogP contribution in [0.15, 0.2) is 18.3 Å². The minimum absolute atomic E-state index is 0.114. The molecule has 1 aliphatic rings. The van der Waals surface area contributed by atoms with Crippen molar-refractivity contribution < 1.29 is 9.53 Å². The predicted octanol–water partition coefficient (Wildman–Crippen LogP) is 3.36. The van der Waals surface area contributed by atoms with E-state index in [-0.39, 0.29) is 5.91 Å². The smallest absolute Gasteiger partial charge is 0.265 e. The van der Waals surface area contributed by atoms with E-state index < -0.39 is 0 Å². The van der Waals surface area contributed by atoms with Gasteiger partial charge in [-0.2, -0.15) is 0 Å². The average Bonchev–Trinajstić information content (AvgIpc) is 2.95. The molecule has 0 unspecified atom stereocenters. The van der Waals surface area contributed by atoms with E-state index >= 15 is 0 Å². The number of piperidine rings is 1. The van der Waals surface area contributed by atoms with E-state index in [1.807, 2.05) is 30.9 Å². The number of rotatable bonds is 4. The van der Waals surface area contributed by atoms with Gasteiger partial charge in [0.15, 0.2) is 0 Å². The van der Waals surface area contributed by atoms with Crippen LogP contribution >= 0.6 is 11.3 Å². The summed E-state index contributed by atoms with van der Waals surface area (Å²) in [4.78, 5) is 24.0. The van der Waals surface area contributed by atoms with Gasteiger partial charge in [0.25, 0.3) is 5.91 Å². The molecule has 3 heterocycles. The van der Waals surface area contributed by atoms with Crippen molar-refractivity contribution in [1.82, 2.24) is 14.9 Å². The number of aromatic nitrogens is 2. The largest absolute Gasteiger partial charge is 0.485 e. The van der Waals surface area contributed by atoms with E-state index in [9.17, 15) is 4.79 Å². The van der Waals surface area contributed by atoms with E-state index in [1.54, 1.807) is 6.20 Å². The number of amides is 1. The molecule has 0 N–H and O–H groups in total. The zero-order valence-electron chi connectivity index (χ0n) is 13.5. The molecule has 122 valence electrons. The Morgan fingerprint density at radius 1 is 1.26 bits per heavy atom. The second kappa shape index (κ2) is 7.08. The summed E-state index contributed by atoms with van der Waals surface area (Å²) in [5.41, 5.74) is 1.75. The van der Waals surface area contributed by atoms with Crippen molar-refractivity contribution in [3.05, 3.63) is 39.6 Å². The van der Waals surface area contributed by atoms with E-state index in [4.69, 9.17) is 4.74 Å². The Hall–Kier alpha value is -1.95. The van der Waals surface area contributed by atoms with Crippen LogP contribution in [0.3, 0.4) is 0 Å². The number of pyridine rings is 1. The van der Waals surface area contributed by atoms with Crippen molar-refractivity contribution >= 4 is 17.2 Å². The lowest BCUT2D eigenvalue weighted by Gasteiger charge is -2.26. The molecule has 23 heavy (non-hydrogen) atoms. The van der Waals surface area contributed by atoms with E-state index in [1.165, 1.54) is 17.8 Å². The first-order valence-electron chi connectivity index (χ1n) is 7.94. The highest BCUT2D eigenvalue weighted by Crippen LogP contribution is 2.23. The van der Waals surface area contributed by atoms with Crippen molar-refractivity contribution in [1.29, 1.82) is 0 Å². The number of thiazole rings is 1. The monoisotopic (exact) mass is 331 g/mol. The molecule has 5 nitrogen and oxygen atoms in total. The van der Waals surface area contributed by atoms with Gasteiger partial charge in [0, 0.05) is 18.8 Å². The lowest BCUT2D eigenvalue weighted by atomic mass is 10.1. The second-order valence-electron chi connectivity index (χ2n) is 5.80. The maximum Gasteiger partial charge on any atom is 0.265 e.